The largest absolute Gasteiger partial charge is 0.341 e. The normalized spacial score (nSPS) is 24.5. The van der Waals surface area contributed by atoms with Crippen molar-refractivity contribution >= 4 is 23.6 Å². The van der Waals surface area contributed by atoms with E-state index in [1.165, 1.54) is 0 Å². The summed E-state index contributed by atoms with van der Waals surface area (Å²) in [5, 5.41) is 0. The minimum Gasteiger partial charge on any atom is -0.341 e. The summed E-state index contributed by atoms with van der Waals surface area (Å²) in [6, 6.07) is -0.281. The lowest BCUT2D eigenvalue weighted by atomic mass is 9.94. The molecule has 0 bridgehead atoms. The first-order valence-corrected chi connectivity index (χ1v) is 8.87. The lowest BCUT2D eigenvalue weighted by Gasteiger charge is -2.36. The molecule has 0 aliphatic carbocycles. The first kappa shape index (κ1) is 16.6. The molecule has 0 aromatic rings. The van der Waals surface area contributed by atoms with Crippen molar-refractivity contribution in [1.29, 1.82) is 0 Å². The molecular weight excluding hydrogens is 286 g/mol. The molecule has 2 fully saturated rings. The highest BCUT2D eigenvalue weighted by atomic mass is 32.2. The number of nitrogens with two attached hydrogens (primary N) is 1. The number of carbonyl (C=O) groups excluding carboxylic acids is 2. The maximum atomic E-state index is 12.7. The zero-order valence-corrected chi connectivity index (χ0v) is 14.1. The molecule has 1 atom stereocenters. The first-order valence-electron chi connectivity index (χ1n) is 7.72. The van der Waals surface area contributed by atoms with Crippen LogP contribution in [0.5, 0.6) is 0 Å². The molecule has 0 aromatic carbocycles. The lowest BCUT2D eigenvalue weighted by molar-refractivity contribution is -0.148. The number of carbonyl (C=O) groups is 2. The van der Waals surface area contributed by atoms with Crippen molar-refractivity contribution < 1.29 is 9.59 Å². The minimum absolute atomic E-state index is 0.0719. The van der Waals surface area contributed by atoms with Crippen LogP contribution in [0.2, 0.25) is 0 Å². The Bertz CT molecular complexity index is 400. The molecule has 6 heteroatoms. The summed E-state index contributed by atoms with van der Waals surface area (Å²) < 4.78 is 0. The van der Waals surface area contributed by atoms with Crippen LogP contribution < -0.4 is 5.73 Å². The van der Waals surface area contributed by atoms with Crippen molar-refractivity contribution in [2.45, 2.75) is 39.7 Å². The maximum Gasteiger partial charge on any atom is 0.246 e. The molecule has 2 saturated heterocycles. The molecule has 0 spiro atoms. The third-order valence-electron chi connectivity index (χ3n) is 4.33. The predicted octanol–water partition coefficient (Wildman–Crippen LogP) is 1.13. The maximum absolute atomic E-state index is 12.7. The van der Waals surface area contributed by atoms with Crippen molar-refractivity contribution in [1.82, 2.24) is 9.80 Å². The fourth-order valence-corrected chi connectivity index (χ4v) is 4.02. The molecule has 0 aromatic heterocycles. The van der Waals surface area contributed by atoms with E-state index in [1.54, 1.807) is 16.7 Å². The van der Waals surface area contributed by atoms with Crippen molar-refractivity contribution in [3.8, 4) is 0 Å². The van der Waals surface area contributed by atoms with Crippen LogP contribution in [0.4, 0.5) is 0 Å². The lowest BCUT2D eigenvalue weighted by Crippen LogP contribution is -2.53. The second-order valence-corrected chi connectivity index (χ2v) is 8.04. The molecule has 0 radical (unpaired) electrons. The molecule has 1 unspecified atom stereocenters. The molecular formula is C15H27N3O2S. The summed E-state index contributed by atoms with van der Waals surface area (Å²) in [6.45, 7) is 7.99. The van der Waals surface area contributed by atoms with Gasteiger partial charge in [0.15, 0.2) is 0 Å². The van der Waals surface area contributed by atoms with Gasteiger partial charge in [-0.15, -0.1) is 11.8 Å². The van der Waals surface area contributed by atoms with E-state index in [9.17, 15) is 9.59 Å². The molecule has 2 heterocycles. The molecule has 21 heavy (non-hydrogen) atoms. The van der Waals surface area contributed by atoms with E-state index in [-0.39, 0.29) is 17.9 Å². The standard InChI is InChI=1S/C15H27N3O2S/c1-15(2,3)14(20)18-10-21-9-12(18)13(19)17-6-4-11(8-16)5-7-17/h11-12H,4-10,16H2,1-3H3. The number of likely N-dealkylation sites (tertiary alicyclic amines) is 1. The van der Waals surface area contributed by atoms with Crippen LogP contribution in [-0.4, -0.2) is 58.9 Å². The third kappa shape index (κ3) is 3.72. The average molecular weight is 313 g/mol. The molecule has 0 saturated carbocycles. The Kier molecular flexibility index (Phi) is 5.20. The summed E-state index contributed by atoms with van der Waals surface area (Å²) >= 11 is 1.67. The summed E-state index contributed by atoms with van der Waals surface area (Å²) in [4.78, 5) is 28.9. The zero-order chi connectivity index (χ0) is 15.6. The molecule has 5 nitrogen and oxygen atoms in total. The van der Waals surface area contributed by atoms with Crippen molar-refractivity contribution in [2.24, 2.45) is 17.1 Å². The van der Waals surface area contributed by atoms with Crippen LogP contribution in [0.25, 0.3) is 0 Å². The van der Waals surface area contributed by atoms with Gasteiger partial charge >= 0.3 is 0 Å². The van der Waals surface area contributed by atoms with Gasteiger partial charge in [0.1, 0.15) is 6.04 Å². The van der Waals surface area contributed by atoms with Crippen LogP contribution >= 0.6 is 11.8 Å². The highest BCUT2D eigenvalue weighted by Gasteiger charge is 2.41. The second kappa shape index (κ2) is 6.57. The third-order valence-corrected chi connectivity index (χ3v) is 5.34. The van der Waals surface area contributed by atoms with Gasteiger partial charge in [0.25, 0.3) is 0 Å². The Balaban J connectivity index is 2.00. The smallest absolute Gasteiger partial charge is 0.246 e. The molecule has 2 rings (SSSR count). The predicted molar refractivity (Wildman–Crippen MR) is 85.8 cm³/mol. The molecule has 2 aliphatic heterocycles. The monoisotopic (exact) mass is 313 g/mol. The molecule has 2 aliphatic rings. The van der Waals surface area contributed by atoms with Crippen LogP contribution in [-0.2, 0) is 9.59 Å². The topological polar surface area (TPSA) is 66.6 Å². The van der Waals surface area contributed by atoms with Gasteiger partial charge in [-0.25, -0.2) is 0 Å². The number of hydrogen-bond donors (Lipinski definition) is 1. The Labute approximate surface area is 131 Å². The highest BCUT2D eigenvalue weighted by molar-refractivity contribution is 7.99. The van der Waals surface area contributed by atoms with E-state index in [0.717, 1.165) is 31.7 Å². The van der Waals surface area contributed by atoms with Crippen LogP contribution in [0.15, 0.2) is 0 Å². The number of amides is 2. The van der Waals surface area contributed by atoms with Crippen LogP contribution in [0.1, 0.15) is 33.6 Å². The fraction of sp³-hybridized carbons (Fsp3) is 0.867. The fourth-order valence-electron chi connectivity index (χ4n) is 2.88. The summed E-state index contributed by atoms with van der Waals surface area (Å²) in [5.41, 5.74) is 5.26. The van der Waals surface area contributed by atoms with Crippen LogP contribution in [0, 0.1) is 11.3 Å². The average Bonchev–Trinajstić information content (AvgIpc) is 2.94. The van der Waals surface area contributed by atoms with Gasteiger partial charge in [0, 0.05) is 24.3 Å². The number of rotatable bonds is 2. The Morgan fingerprint density at radius 1 is 1.24 bits per heavy atom. The van der Waals surface area contributed by atoms with Gasteiger partial charge in [-0.1, -0.05) is 20.8 Å². The van der Waals surface area contributed by atoms with E-state index in [1.807, 2.05) is 25.7 Å². The summed E-state index contributed by atoms with van der Waals surface area (Å²) in [6.07, 6.45) is 1.96. The van der Waals surface area contributed by atoms with E-state index in [4.69, 9.17) is 5.73 Å². The van der Waals surface area contributed by atoms with E-state index < -0.39 is 5.41 Å². The van der Waals surface area contributed by atoms with Crippen LogP contribution in [0.3, 0.4) is 0 Å². The van der Waals surface area contributed by atoms with Gasteiger partial charge in [-0.05, 0) is 25.3 Å². The van der Waals surface area contributed by atoms with E-state index in [0.29, 0.717) is 18.3 Å². The minimum atomic E-state index is -0.435. The zero-order valence-electron chi connectivity index (χ0n) is 13.3. The van der Waals surface area contributed by atoms with Gasteiger partial charge < -0.3 is 15.5 Å². The van der Waals surface area contributed by atoms with Gasteiger partial charge in [-0.3, -0.25) is 9.59 Å². The first-order chi connectivity index (χ1) is 9.84. The van der Waals surface area contributed by atoms with Crippen molar-refractivity contribution in [3.05, 3.63) is 0 Å². The van der Waals surface area contributed by atoms with Gasteiger partial charge in [-0.2, -0.15) is 0 Å². The number of piperidine rings is 1. The quantitative estimate of drug-likeness (QED) is 0.830. The molecule has 2 amide bonds. The number of thioether (sulfide) groups is 1. The second-order valence-electron chi connectivity index (χ2n) is 7.04. The highest BCUT2D eigenvalue weighted by Crippen LogP contribution is 2.29. The Morgan fingerprint density at radius 3 is 2.38 bits per heavy atom. The molecule has 2 N–H and O–H groups in total. The summed E-state index contributed by atoms with van der Waals surface area (Å²) in [7, 11) is 0. The van der Waals surface area contributed by atoms with Crippen molar-refractivity contribution in [3.63, 3.8) is 0 Å². The van der Waals surface area contributed by atoms with E-state index >= 15 is 0 Å². The Hall–Kier alpha value is -0.750. The van der Waals surface area contributed by atoms with Gasteiger partial charge in [0.05, 0.1) is 5.88 Å². The van der Waals surface area contributed by atoms with Crippen molar-refractivity contribution in [2.75, 3.05) is 31.3 Å². The summed E-state index contributed by atoms with van der Waals surface area (Å²) in [5.74, 6) is 2.08. The number of hydrogen-bond acceptors (Lipinski definition) is 4. The van der Waals surface area contributed by atoms with E-state index in [2.05, 4.69) is 0 Å². The number of nitrogens with zero attached hydrogens (tertiary/aromatic N) is 2. The van der Waals surface area contributed by atoms with Gasteiger partial charge in [0.2, 0.25) is 11.8 Å². The Morgan fingerprint density at radius 2 is 1.86 bits per heavy atom. The molecule has 120 valence electrons. The SMILES string of the molecule is CC(C)(C)C(=O)N1CSCC1C(=O)N1CCC(CN)CC1.